The van der Waals surface area contributed by atoms with Crippen molar-refractivity contribution in [1.29, 1.82) is 0 Å². The lowest BCUT2D eigenvalue weighted by molar-refractivity contribution is -0.123. The van der Waals surface area contributed by atoms with Gasteiger partial charge < -0.3 is 0 Å². The van der Waals surface area contributed by atoms with Crippen molar-refractivity contribution in [1.82, 2.24) is 0 Å². The highest BCUT2D eigenvalue weighted by molar-refractivity contribution is 5.87. The van der Waals surface area contributed by atoms with Crippen molar-refractivity contribution in [2.24, 2.45) is 5.92 Å². The smallest absolute Gasteiger partial charge is 0.142 e. The van der Waals surface area contributed by atoms with Crippen LogP contribution in [-0.2, 0) is 4.79 Å². The summed E-state index contributed by atoms with van der Waals surface area (Å²) in [5, 5.41) is 0. The molecule has 1 heteroatoms. The molecular weight excluding hydrogens is 184 g/mol. The largest absolute Gasteiger partial charge is 0.299 e. The molecule has 0 saturated heterocycles. The van der Waals surface area contributed by atoms with Gasteiger partial charge in [-0.1, -0.05) is 57.5 Å². The van der Waals surface area contributed by atoms with E-state index in [1.807, 2.05) is 44.2 Å². The van der Waals surface area contributed by atoms with Gasteiger partial charge in [-0.05, 0) is 12.0 Å². The highest BCUT2D eigenvalue weighted by Crippen LogP contribution is 2.21. The summed E-state index contributed by atoms with van der Waals surface area (Å²) in [6.07, 6.45) is 2.07. The van der Waals surface area contributed by atoms with Crippen LogP contribution in [0, 0.1) is 5.92 Å². The zero-order valence-corrected chi connectivity index (χ0v) is 9.86. The van der Waals surface area contributed by atoms with E-state index < -0.39 is 0 Å². The van der Waals surface area contributed by atoms with Crippen LogP contribution in [0.25, 0.3) is 0 Å². The van der Waals surface area contributed by atoms with Crippen LogP contribution in [0.2, 0.25) is 0 Å². The molecule has 1 rings (SSSR count). The lowest BCUT2D eigenvalue weighted by Crippen LogP contribution is -2.17. The molecule has 0 aromatic heterocycles. The second kappa shape index (κ2) is 5.69. The second-order valence-corrected chi connectivity index (χ2v) is 4.22. The summed E-state index contributed by atoms with van der Waals surface area (Å²) in [6, 6.07) is 10.0. The van der Waals surface area contributed by atoms with E-state index in [0.717, 1.165) is 18.4 Å². The van der Waals surface area contributed by atoms with Crippen molar-refractivity contribution in [2.75, 3.05) is 0 Å². The van der Waals surface area contributed by atoms with Crippen LogP contribution in [0.1, 0.15) is 45.1 Å². The van der Waals surface area contributed by atoms with Gasteiger partial charge in [-0.2, -0.15) is 0 Å². The maximum atomic E-state index is 12.0. The summed E-state index contributed by atoms with van der Waals surface area (Å²) in [4.78, 5) is 12.0. The van der Waals surface area contributed by atoms with Crippen LogP contribution in [0.5, 0.6) is 0 Å². The number of benzene rings is 1. The first-order chi connectivity index (χ1) is 7.16. The standard InChI is InChI=1S/C14H20O/c1-4-8-11(2)14(15)12(3)13-9-6-5-7-10-13/h5-7,9-12H,4,8H2,1-3H3. The van der Waals surface area contributed by atoms with E-state index in [1.54, 1.807) is 0 Å². The minimum absolute atomic E-state index is 0.0350. The van der Waals surface area contributed by atoms with Crippen LogP contribution in [0.3, 0.4) is 0 Å². The first-order valence-corrected chi connectivity index (χ1v) is 5.75. The predicted molar refractivity (Wildman–Crippen MR) is 63.9 cm³/mol. The fraction of sp³-hybridized carbons (Fsp3) is 0.500. The minimum atomic E-state index is 0.0350. The van der Waals surface area contributed by atoms with E-state index in [4.69, 9.17) is 0 Å². The Hall–Kier alpha value is -1.11. The van der Waals surface area contributed by atoms with Gasteiger partial charge in [0.25, 0.3) is 0 Å². The van der Waals surface area contributed by atoms with E-state index in [2.05, 4.69) is 6.92 Å². The van der Waals surface area contributed by atoms with Crippen molar-refractivity contribution in [3.8, 4) is 0 Å². The van der Waals surface area contributed by atoms with Crippen molar-refractivity contribution in [3.05, 3.63) is 35.9 Å². The molecule has 82 valence electrons. The molecule has 0 N–H and O–H groups in total. The van der Waals surface area contributed by atoms with Gasteiger partial charge in [-0.3, -0.25) is 4.79 Å². The zero-order valence-electron chi connectivity index (χ0n) is 9.86. The van der Waals surface area contributed by atoms with Crippen molar-refractivity contribution in [3.63, 3.8) is 0 Å². The number of hydrogen-bond acceptors (Lipinski definition) is 1. The molecular formula is C14H20O. The van der Waals surface area contributed by atoms with Crippen LogP contribution in [-0.4, -0.2) is 5.78 Å². The minimum Gasteiger partial charge on any atom is -0.299 e. The molecule has 0 aliphatic heterocycles. The van der Waals surface area contributed by atoms with Crippen molar-refractivity contribution >= 4 is 5.78 Å². The fourth-order valence-corrected chi connectivity index (χ4v) is 1.91. The third-order valence-electron chi connectivity index (χ3n) is 2.93. The van der Waals surface area contributed by atoms with Crippen molar-refractivity contribution in [2.45, 2.75) is 39.5 Å². The molecule has 0 bridgehead atoms. The predicted octanol–water partition coefficient (Wildman–Crippen LogP) is 3.80. The molecule has 1 aromatic carbocycles. The average molecular weight is 204 g/mol. The summed E-state index contributed by atoms with van der Waals surface area (Å²) in [5.41, 5.74) is 1.13. The van der Waals surface area contributed by atoms with Crippen LogP contribution >= 0.6 is 0 Å². The van der Waals surface area contributed by atoms with E-state index in [1.165, 1.54) is 0 Å². The molecule has 0 spiro atoms. The maximum absolute atomic E-state index is 12.0. The van der Waals surface area contributed by atoms with Gasteiger partial charge >= 0.3 is 0 Å². The van der Waals surface area contributed by atoms with E-state index in [9.17, 15) is 4.79 Å². The van der Waals surface area contributed by atoms with E-state index in [-0.39, 0.29) is 11.8 Å². The Labute approximate surface area is 92.5 Å². The van der Waals surface area contributed by atoms with Crippen molar-refractivity contribution < 1.29 is 4.79 Å². The number of ketones is 1. The van der Waals surface area contributed by atoms with Gasteiger partial charge in [-0.15, -0.1) is 0 Å². The van der Waals surface area contributed by atoms with Gasteiger partial charge in [0, 0.05) is 11.8 Å². The number of carbonyl (C=O) groups is 1. The second-order valence-electron chi connectivity index (χ2n) is 4.22. The molecule has 1 aromatic rings. The Kier molecular flexibility index (Phi) is 4.54. The Bertz CT molecular complexity index is 302. The van der Waals surface area contributed by atoms with Crippen LogP contribution < -0.4 is 0 Å². The van der Waals surface area contributed by atoms with Gasteiger partial charge in [0.05, 0.1) is 0 Å². The Morgan fingerprint density at radius 2 is 1.80 bits per heavy atom. The summed E-state index contributed by atoms with van der Waals surface area (Å²) in [5.74, 6) is 0.584. The normalized spacial score (nSPS) is 14.6. The summed E-state index contributed by atoms with van der Waals surface area (Å²) < 4.78 is 0. The Balaban J connectivity index is 2.69. The van der Waals surface area contributed by atoms with E-state index >= 15 is 0 Å². The maximum Gasteiger partial charge on any atom is 0.142 e. The molecule has 0 saturated carbocycles. The van der Waals surface area contributed by atoms with Crippen LogP contribution in [0.4, 0.5) is 0 Å². The SMILES string of the molecule is CCCC(C)C(=O)C(C)c1ccccc1. The van der Waals surface area contributed by atoms with Gasteiger partial charge in [0.1, 0.15) is 5.78 Å². The highest BCUT2D eigenvalue weighted by Gasteiger charge is 2.20. The lowest BCUT2D eigenvalue weighted by Gasteiger charge is -2.15. The molecule has 0 aliphatic carbocycles. The Morgan fingerprint density at radius 1 is 1.20 bits per heavy atom. The first kappa shape index (κ1) is 12.0. The van der Waals surface area contributed by atoms with E-state index in [0.29, 0.717) is 5.78 Å². The average Bonchev–Trinajstić information content (AvgIpc) is 2.28. The molecule has 0 aliphatic rings. The Morgan fingerprint density at radius 3 is 2.33 bits per heavy atom. The third-order valence-corrected chi connectivity index (χ3v) is 2.93. The molecule has 2 unspecified atom stereocenters. The van der Waals surface area contributed by atoms with Gasteiger partial charge in [0.2, 0.25) is 0 Å². The molecule has 0 amide bonds. The summed E-state index contributed by atoms with van der Waals surface area (Å²) in [7, 11) is 0. The molecule has 2 atom stereocenters. The monoisotopic (exact) mass is 204 g/mol. The zero-order chi connectivity index (χ0) is 11.3. The number of Topliss-reactive ketones (excluding diaryl/α,β-unsaturated/α-hetero) is 1. The number of carbonyl (C=O) groups excluding carboxylic acids is 1. The molecule has 1 nitrogen and oxygen atoms in total. The first-order valence-electron chi connectivity index (χ1n) is 5.75. The van der Waals surface area contributed by atoms with Gasteiger partial charge in [0.15, 0.2) is 0 Å². The molecule has 0 heterocycles. The molecule has 0 fully saturated rings. The topological polar surface area (TPSA) is 17.1 Å². The lowest BCUT2D eigenvalue weighted by atomic mass is 9.87. The highest BCUT2D eigenvalue weighted by atomic mass is 16.1. The summed E-state index contributed by atoms with van der Waals surface area (Å²) in [6.45, 7) is 6.16. The quantitative estimate of drug-likeness (QED) is 0.713. The molecule has 15 heavy (non-hydrogen) atoms. The van der Waals surface area contributed by atoms with Crippen LogP contribution in [0.15, 0.2) is 30.3 Å². The number of hydrogen-bond donors (Lipinski definition) is 0. The molecule has 0 radical (unpaired) electrons. The third kappa shape index (κ3) is 3.19. The summed E-state index contributed by atoms with van der Waals surface area (Å²) >= 11 is 0. The fourth-order valence-electron chi connectivity index (χ4n) is 1.91. The van der Waals surface area contributed by atoms with Gasteiger partial charge in [-0.25, -0.2) is 0 Å². The number of rotatable bonds is 5.